The summed E-state index contributed by atoms with van der Waals surface area (Å²) in [6, 6.07) is 11.9. The Kier molecular flexibility index (Phi) is 4.85. The molecular weight excluding hydrogens is 312 g/mol. The van der Waals surface area contributed by atoms with Crippen molar-refractivity contribution in [2.24, 2.45) is 17.3 Å². The van der Waals surface area contributed by atoms with Crippen LogP contribution in [0.3, 0.4) is 0 Å². The van der Waals surface area contributed by atoms with Gasteiger partial charge in [-0.05, 0) is 36.8 Å². The van der Waals surface area contributed by atoms with Crippen molar-refractivity contribution in [3.8, 4) is 0 Å². The van der Waals surface area contributed by atoms with E-state index in [1.54, 1.807) is 12.5 Å². The second-order valence-electron chi connectivity index (χ2n) is 7.74. The minimum Gasteiger partial charge on any atom is -0.472 e. The summed E-state index contributed by atoms with van der Waals surface area (Å²) in [5.74, 6) is 0.0638. The molecule has 2 aromatic rings. The van der Waals surface area contributed by atoms with Gasteiger partial charge in [0, 0.05) is 12.0 Å². The molecule has 0 aliphatic heterocycles. The normalized spacial score (nSPS) is 22.1. The summed E-state index contributed by atoms with van der Waals surface area (Å²) >= 11 is 0. The maximum Gasteiger partial charge on any atom is 0.310 e. The Morgan fingerprint density at radius 2 is 1.96 bits per heavy atom. The molecule has 3 rings (SSSR count). The van der Waals surface area contributed by atoms with E-state index in [1.807, 2.05) is 36.4 Å². The Labute approximate surface area is 149 Å². The van der Waals surface area contributed by atoms with Crippen molar-refractivity contribution in [1.82, 2.24) is 0 Å². The second-order valence-corrected chi connectivity index (χ2v) is 7.74. The molecule has 0 saturated heterocycles. The number of furan rings is 1. The Hall–Kier alpha value is -2.29. The first kappa shape index (κ1) is 17.5. The maximum absolute atomic E-state index is 12.8. The zero-order valence-electron chi connectivity index (χ0n) is 15.4. The Bertz CT molecular complexity index is 737. The van der Waals surface area contributed by atoms with Crippen LogP contribution < -0.4 is 0 Å². The molecule has 1 aromatic carbocycles. The van der Waals surface area contributed by atoms with E-state index in [1.165, 1.54) is 5.57 Å². The molecule has 0 spiro atoms. The molecule has 1 fully saturated rings. The fourth-order valence-corrected chi connectivity index (χ4v) is 3.53. The molecule has 3 heteroatoms. The molecule has 1 aliphatic carbocycles. The number of esters is 1. The smallest absolute Gasteiger partial charge is 0.310 e. The summed E-state index contributed by atoms with van der Waals surface area (Å²) in [5, 5.41) is 0. The lowest BCUT2D eigenvalue weighted by Crippen LogP contribution is -2.17. The van der Waals surface area contributed by atoms with Crippen molar-refractivity contribution in [3.63, 3.8) is 0 Å². The van der Waals surface area contributed by atoms with Crippen LogP contribution in [0.25, 0.3) is 0 Å². The highest BCUT2D eigenvalue weighted by Crippen LogP contribution is 2.60. The SMILES string of the molecule is CC(C)=C[C@@H]1[C@@H](C(=O)OC(Cc2ccccc2)c2ccoc2)C1(C)C. The molecule has 1 saturated carbocycles. The van der Waals surface area contributed by atoms with Crippen molar-refractivity contribution in [3.05, 3.63) is 71.7 Å². The summed E-state index contributed by atoms with van der Waals surface area (Å²) in [7, 11) is 0. The van der Waals surface area contributed by atoms with Crippen LogP contribution in [-0.4, -0.2) is 5.97 Å². The lowest BCUT2D eigenvalue weighted by Gasteiger charge is -2.17. The van der Waals surface area contributed by atoms with E-state index in [4.69, 9.17) is 9.15 Å². The van der Waals surface area contributed by atoms with Crippen LogP contribution in [0.1, 0.15) is 44.9 Å². The lowest BCUT2D eigenvalue weighted by atomic mass is 10.0. The molecule has 3 atom stereocenters. The minimum atomic E-state index is -0.322. The van der Waals surface area contributed by atoms with Gasteiger partial charge in [0.05, 0.1) is 18.4 Å². The van der Waals surface area contributed by atoms with Crippen LogP contribution in [0.15, 0.2) is 65.0 Å². The third-order valence-electron chi connectivity index (χ3n) is 5.11. The molecule has 1 aliphatic rings. The molecule has 1 heterocycles. The van der Waals surface area contributed by atoms with Crippen molar-refractivity contribution in [2.75, 3.05) is 0 Å². The minimum absolute atomic E-state index is 0.0396. The number of hydrogen-bond donors (Lipinski definition) is 0. The third-order valence-corrected chi connectivity index (χ3v) is 5.11. The van der Waals surface area contributed by atoms with E-state index in [9.17, 15) is 4.79 Å². The molecule has 1 aromatic heterocycles. The van der Waals surface area contributed by atoms with Gasteiger partial charge in [0.1, 0.15) is 6.10 Å². The van der Waals surface area contributed by atoms with Gasteiger partial charge in [0.25, 0.3) is 0 Å². The third kappa shape index (κ3) is 3.87. The number of carbonyl (C=O) groups excluding carboxylic acids is 1. The Morgan fingerprint density at radius 3 is 2.56 bits per heavy atom. The van der Waals surface area contributed by atoms with E-state index in [-0.39, 0.29) is 29.3 Å². The van der Waals surface area contributed by atoms with Crippen LogP contribution >= 0.6 is 0 Å². The van der Waals surface area contributed by atoms with Crippen molar-refractivity contribution >= 4 is 5.97 Å². The molecule has 0 amide bonds. The van der Waals surface area contributed by atoms with Crippen LogP contribution in [0.5, 0.6) is 0 Å². The van der Waals surface area contributed by atoms with E-state index < -0.39 is 0 Å². The standard InChI is InChI=1S/C22H26O3/c1-15(2)12-18-20(22(18,3)4)21(23)25-19(17-10-11-24-14-17)13-16-8-6-5-7-9-16/h5-12,14,18-20H,13H2,1-4H3/t18-,19?,20+/m1/s1. The zero-order chi connectivity index (χ0) is 18.0. The predicted octanol–water partition coefficient (Wildman–Crippen LogP) is 5.35. The van der Waals surface area contributed by atoms with Gasteiger partial charge >= 0.3 is 5.97 Å². The summed E-state index contributed by atoms with van der Waals surface area (Å²) in [4.78, 5) is 12.8. The molecule has 0 bridgehead atoms. The average Bonchev–Trinajstić information content (AvgIpc) is 2.94. The van der Waals surface area contributed by atoms with E-state index in [0.717, 1.165) is 11.1 Å². The van der Waals surface area contributed by atoms with Crippen LogP contribution in [0.4, 0.5) is 0 Å². The van der Waals surface area contributed by atoms with Crippen LogP contribution in [-0.2, 0) is 16.0 Å². The first-order chi connectivity index (χ1) is 11.9. The Morgan fingerprint density at radius 1 is 1.24 bits per heavy atom. The fourth-order valence-electron chi connectivity index (χ4n) is 3.53. The quantitative estimate of drug-likeness (QED) is 0.527. The largest absolute Gasteiger partial charge is 0.472 e. The van der Waals surface area contributed by atoms with Gasteiger partial charge in [-0.1, -0.05) is 55.8 Å². The maximum atomic E-state index is 12.8. The molecule has 25 heavy (non-hydrogen) atoms. The number of ether oxygens (including phenoxy) is 1. The number of allylic oxidation sites excluding steroid dienone is 2. The predicted molar refractivity (Wildman–Crippen MR) is 97.9 cm³/mol. The summed E-state index contributed by atoms with van der Waals surface area (Å²) in [5.41, 5.74) is 3.23. The zero-order valence-corrected chi connectivity index (χ0v) is 15.4. The number of carbonyl (C=O) groups is 1. The van der Waals surface area contributed by atoms with Gasteiger partial charge in [-0.25, -0.2) is 0 Å². The van der Waals surface area contributed by atoms with Crippen molar-refractivity contribution < 1.29 is 13.9 Å². The summed E-state index contributed by atoms with van der Waals surface area (Å²) in [6.45, 7) is 8.40. The molecular formula is C22H26O3. The van der Waals surface area contributed by atoms with Gasteiger partial charge in [0.15, 0.2) is 0 Å². The molecule has 0 N–H and O–H groups in total. The lowest BCUT2D eigenvalue weighted by molar-refractivity contribution is -0.152. The number of hydrogen-bond acceptors (Lipinski definition) is 3. The second kappa shape index (κ2) is 6.91. The highest BCUT2D eigenvalue weighted by atomic mass is 16.5. The monoisotopic (exact) mass is 338 g/mol. The van der Waals surface area contributed by atoms with Crippen LogP contribution in [0.2, 0.25) is 0 Å². The van der Waals surface area contributed by atoms with Crippen molar-refractivity contribution in [2.45, 2.75) is 40.2 Å². The molecule has 3 nitrogen and oxygen atoms in total. The summed E-state index contributed by atoms with van der Waals surface area (Å²) in [6.07, 6.45) is 5.79. The van der Waals surface area contributed by atoms with Gasteiger partial charge < -0.3 is 9.15 Å². The number of benzene rings is 1. The highest BCUT2D eigenvalue weighted by molar-refractivity contribution is 5.78. The Balaban J connectivity index is 1.75. The van der Waals surface area contributed by atoms with Crippen molar-refractivity contribution in [1.29, 1.82) is 0 Å². The highest BCUT2D eigenvalue weighted by Gasteiger charge is 2.61. The van der Waals surface area contributed by atoms with E-state index in [2.05, 4.69) is 33.8 Å². The first-order valence-corrected chi connectivity index (χ1v) is 8.81. The number of rotatable bonds is 6. The summed E-state index contributed by atoms with van der Waals surface area (Å²) < 4.78 is 11.1. The van der Waals surface area contributed by atoms with Crippen LogP contribution in [0, 0.1) is 17.3 Å². The average molecular weight is 338 g/mol. The van der Waals surface area contributed by atoms with Gasteiger partial charge in [-0.2, -0.15) is 0 Å². The van der Waals surface area contributed by atoms with Gasteiger partial charge in [-0.15, -0.1) is 0 Å². The van der Waals surface area contributed by atoms with E-state index in [0.29, 0.717) is 6.42 Å². The topological polar surface area (TPSA) is 39.4 Å². The first-order valence-electron chi connectivity index (χ1n) is 8.81. The molecule has 1 unspecified atom stereocenters. The molecule has 0 radical (unpaired) electrons. The van der Waals surface area contributed by atoms with Gasteiger partial charge in [0.2, 0.25) is 0 Å². The molecule has 132 valence electrons. The van der Waals surface area contributed by atoms with Gasteiger partial charge in [-0.3, -0.25) is 4.79 Å². The van der Waals surface area contributed by atoms with E-state index >= 15 is 0 Å². The fraction of sp³-hybridized carbons (Fsp3) is 0.409.